The molecule has 0 bridgehead atoms. The highest BCUT2D eigenvalue weighted by Crippen LogP contribution is 2.43. The van der Waals surface area contributed by atoms with E-state index >= 15 is 0 Å². The first-order chi connectivity index (χ1) is 15.0. The van der Waals surface area contributed by atoms with Gasteiger partial charge in [-0.05, 0) is 80.2 Å². The molecular formula is C24H28F3N3O2. The summed E-state index contributed by atoms with van der Waals surface area (Å²) in [6.07, 6.45) is 4.19. The van der Waals surface area contributed by atoms with Crippen LogP contribution in [0.4, 0.5) is 13.2 Å². The van der Waals surface area contributed by atoms with Gasteiger partial charge in [-0.3, -0.25) is 4.79 Å². The van der Waals surface area contributed by atoms with E-state index in [2.05, 4.69) is 17.1 Å². The number of carbonyl (C=O) groups excluding carboxylic acids is 1. The predicted molar refractivity (Wildman–Crippen MR) is 113 cm³/mol. The molecule has 2 aromatic rings. The van der Waals surface area contributed by atoms with Crippen molar-refractivity contribution in [3.8, 4) is 0 Å². The van der Waals surface area contributed by atoms with Gasteiger partial charge in [-0.25, -0.2) is 0 Å². The molecule has 2 aliphatic carbocycles. The van der Waals surface area contributed by atoms with Crippen molar-refractivity contribution in [1.82, 2.24) is 15.1 Å². The Hall–Kier alpha value is -2.48. The lowest BCUT2D eigenvalue weighted by Crippen LogP contribution is -2.46. The van der Waals surface area contributed by atoms with Crippen LogP contribution in [0.5, 0.6) is 0 Å². The lowest BCUT2D eigenvalue weighted by molar-refractivity contribution is -0.258. The third kappa shape index (κ3) is 4.25. The standard InChI is InChI=1S/C24H28F3N3O2/c1-22(18-11-14-28-29-15-18)12-9-20(10-13-22)30(19-7-8-19)21(31)16-3-5-17(6-4-16)23(2,32)24(25,26)27/h3-6,11,14-15,19-20,32H,7-10,12-13H2,1-2H3/t20?,22?,23-/m0/s1. The Balaban J connectivity index is 1.49. The smallest absolute Gasteiger partial charge is 0.376 e. The van der Waals surface area contributed by atoms with Gasteiger partial charge in [0.25, 0.3) is 5.91 Å². The first kappa shape index (κ1) is 22.7. The maximum atomic E-state index is 13.3. The second-order valence-corrected chi connectivity index (χ2v) is 9.51. The molecule has 1 aromatic heterocycles. The Morgan fingerprint density at radius 1 is 1.03 bits per heavy atom. The number of carbonyl (C=O) groups is 1. The molecule has 1 N–H and O–H groups in total. The van der Waals surface area contributed by atoms with Crippen LogP contribution >= 0.6 is 0 Å². The monoisotopic (exact) mass is 447 g/mol. The van der Waals surface area contributed by atoms with Gasteiger partial charge in [-0.2, -0.15) is 23.4 Å². The van der Waals surface area contributed by atoms with Crippen molar-refractivity contribution in [3.05, 3.63) is 59.4 Å². The SMILES string of the molecule is CC1(c2ccnnc2)CCC(N(C(=O)c2ccc([C@](C)(O)C(F)(F)F)cc2)C2CC2)CC1. The maximum Gasteiger partial charge on any atom is 0.421 e. The summed E-state index contributed by atoms with van der Waals surface area (Å²) in [6, 6.07) is 7.47. The van der Waals surface area contributed by atoms with E-state index in [0.29, 0.717) is 5.56 Å². The molecule has 1 atom stereocenters. The van der Waals surface area contributed by atoms with Crippen LogP contribution in [0.15, 0.2) is 42.7 Å². The van der Waals surface area contributed by atoms with Gasteiger partial charge in [-0.1, -0.05) is 19.1 Å². The first-order valence-electron chi connectivity index (χ1n) is 11.0. The molecule has 5 nitrogen and oxygen atoms in total. The number of alkyl halides is 3. The number of amides is 1. The number of rotatable bonds is 5. The highest BCUT2D eigenvalue weighted by Gasteiger charge is 2.51. The highest BCUT2D eigenvalue weighted by atomic mass is 19.4. The highest BCUT2D eigenvalue weighted by molar-refractivity contribution is 5.95. The van der Waals surface area contributed by atoms with Crippen LogP contribution in [-0.2, 0) is 11.0 Å². The van der Waals surface area contributed by atoms with E-state index in [0.717, 1.165) is 51.0 Å². The Morgan fingerprint density at radius 3 is 2.12 bits per heavy atom. The molecule has 172 valence electrons. The Bertz CT molecular complexity index is 949. The van der Waals surface area contributed by atoms with Gasteiger partial charge in [0.1, 0.15) is 0 Å². The van der Waals surface area contributed by atoms with Gasteiger partial charge in [0.05, 0.1) is 6.20 Å². The van der Waals surface area contributed by atoms with E-state index in [4.69, 9.17) is 0 Å². The van der Waals surface area contributed by atoms with E-state index in [1.54, 1.807) is 6.20 Å². The number of hydrogen-bond acceptors (Lipinski definition) is 4. The molecule has 4 rings (SSSR count). The fourth-order valence-electron chi connectivity index (χ4n) is 4.69. The van der Waals surface area contributed by atoms with Crippen molar-refractivity contribution in [1.29, 1.82) is 0 Å². The second kappa shape index (κ2) is 8.14. The number of aliphatic hydroxyl groups is 1. The number of aromatic nitrogens is 2. The summed E-state index contributed by atoms with van der Waals surface area (Å²) in [5.74, 6) is -0.148. The molecular weight excluding hydrogens is 419 g/mol. The Morgan fingerprint density at radius 2 is 1.62 bits per heavy atom. The minimum Gasteiger partial charge on any atom is -0.376 e. The van der Waals surface area contributed by atoms with Crippen molar-refractivity contribution in [2.45, 2.75) is 81.6 Å². The molecule has 1 aromatic carbocycles. The van der Waals surface area contributed by atoms with Gasteiger partial charge < -0.3 is 10.0 Å². The van der Waals surface area contributed by atoms with E-state index in [-0.39, 0.29) is 29.0 Å². The van der Waals surface area contributed by atoms with Crippen molar-refractivity contribution in [2.24, 2.45) is 0 Å². The number of nitrogens with zero attached hydrogens (tertiary/aromatic N) is 3. The third-order valence-corrected chi connectivity index (χ3v) is 7.15. The summed E-state index contributed by atoms with van der Waals surface area (Å²) in [5.41, 5.74) is -1.73. The lowest BCUT2D eigenvalue weighted by atomic mass is 9.70. The molecule has 0 saturated heterocycles. The van der Waals surface area contributed by atoms with Gasteiger partial charge in [0, 0.05) is 23.8 Å². The van der Waals surface area contributed by atoms with Crippen LogP contribution in [-0.4, -0.2) is 44.4 Å². The zero-order valence-corrected chi connectivity index (χ0v) is 18.3. The summed E-state index contributed by atoms with van der Waals surface area (Å²) < 4.78 is 39.3. The maximum absolute atomic E-state index is 13.3. The molecule has 0 spiro atoms. The Labute approximate surface area is 185 Å². The van der Waals surface area contributed by atoms with Crippen molar-refractivity contribution in [3.63, 3.8) is 0 Å². The van der Waals surface area contributed by atoms with E-state index < -0.39 is 11.8 Å². The largest absolute Gasteiger partial charge is 0.421 e. The van der Waals surface area contributed by atoms with E-state index in [1.807, 2.05) is 17.2 Å². The normalized spacial score (nSPS) is 25.8. The minimum absolute atomic E-state index is 0.00443. The van der Waals surface area contributed by atoms with Crippen molar-refractivity contribution >= 4 is 5.91 Å². The quantitative estimate of drug-likeness (QED) is 0.718. The van der Waals surface area contributed by atoms with Crippen LogP contribution in [0.25, 0.3) is 0 Å². The van der Waals surface area contributed by atoms with Gasteiger partial charge in [0.15, 0.2) is 5.60 Å². The van der Waals surface area contributed by atoms with Gasteiger partial charge >= 0.3 is 6.18 Å². The summed E-state index contributed by atoms with van der Waals surface area (Å²) in [6.45, 7) is 2.94. The minimum atomic E-state index is -4.79. The van der Waals surface area contributed by atoms with E-state index in [1.165, 1.54) is 24.3 Å². The van der Waals surface area contributed by atoms with Crippen LogP contribution in [0, 0.1) is 0 Å². The topological polar surface area (TPSA) is 66.3 Å². The van der Waals surface area contributed by atoms with Crippen molar-refractivity contribution in [2.75, 3.05) is 0 Å². The summed E-state index contributed by atoms with van der Waals surface area (Å²) in [4.78, 5) is 15.3. The van der Waals surface area contributed by atoms with Crippen LogP contribution in [0.1, 0.15) is 73.9 Å². The molecule has 2 aliphatic rings. The van der Waals surface area contributed by atoms with Gasteiger partial charge in [0.2, 0.25) is 0 Å². The molecule has 2 saturated carbocycles. The summed E-state index contributed by atoms with van der Waals surface area (Å²) in [7, 11) is 0. The molecule has 32 heavy (non-hydrogen) atoms. The average Bonchev–Trinajstić information content (AvgIpc) is 3.60. The molecule has 8 heteroatoms. The Kier molecular flexibility index (Phi) is 5.77. The fraction of sp³-hybridized carbons (Fsp3) is 0.542. The molecule has 1 amide bonds. The summed E-state index contributed by atoms with van der Waals surface area (Å²) in [5, 5.41) is 17.7. The molecule has 0 radical (unpaired) electrons. The van der Waals surface area contributed by atoms with E-state index in [9.17, 15) is 23.1 Å². The number of halogens is 3. The second-order valence-electron chi connectivity index (χ2n) is 9.51. The predicted octanol–water partition coefficient (Wildman–Crippen LogP) is 4.75. The van der Waals surface area contributed by atoms with Crippen LogP contribution in [0.3, 0.4) is 0 Å². The zero-order chi connectivity index (χ0) is 23.1. The third-order valence-electron chi connectivity index (χ3n) is 7.15. The van der Waals surface area contributed by atoms with Crippen LogP contribution < -0.4 is 0 Å². The lowest BCUT2D eigenvalue weighted by Gasteiger charge is -2.42. The molecule has 0 unspecified atom stereocenters. The fourth-order valence-corrected chi connectivity index (χ4v) is 4.69. The summed E-state index contributed by atoms with van der Waals surface area (Å²) >= 11 is 0. The first-order valence-corrected chi connectivity index (χ1v) is 11.0. The molecule has 0 aliphatic heterocycles. The number of hydrogen-bond donors (Lipinski definition) is 1. The zero-order valence-electron chi connectivity index (χ0n) is 18.3. The van der Waals surface area contributed by atoms with Gasteiger partial charge in [-0.15, -0.1) is 0 Å². The molecule has 2 fully saturated rings. The van der Waals surface area contributed by atoms with Crippen LogP contribution in [0.2, 0.25) is 0 Å². The molecule has 1 heterocycles. The number of benzene rings is 1. The average molecular weight is 448 g/mol. The van der Waals surface area contributed by atoms with Crippen molar-refractivity contribution < 1.29 is 23.1 Å².